The van der Waals surface area contributed by atoms with Crippen LogP contribution in [0.25, 0.3) is 6.08 Å². The molecule has 1 fully saturated rings. The van der Waals surface area contributed by atoms with Crippen LogP contribution >= 0.6 is 7.92 Å². The molecule has 0 N–H and O–H groups in total. The molecule has 2 aliphatic carbocycles. The van der Waals surface area contributed by atoms with Gasteiger partial charge in [-0.2, -0.15) is 0 Å². The summed E-state index contributed by atoms with van der Waals surface area (Å²) in [6, 6.07) is 8.98. The van der Waals surface area contributed by atoms with E-state index < -0.39 is 23.2 Å². The number of benzene rings is 1. The van der Waals surface area contributed by atoms with Crippen molar-refractivity contribution < 1.29 is 32.6 Å². The summed E-state index contributed by atoms with van der Waals surface area (Å²) in [6.07, 6.45) is 11.5. The van der Waals surface area contributed by atoms with E-state index in [0.717, 1.165) is 3.63 Å². The molecule has 1 aliphatic heterocycles. The number of allylic oxidation sites excluding steroid dienone is 5. The molecule has 0 aromatic heterocycles. The van der Waals surface area contributed by atoms with Gasteiger partial charge in [0.1, 0.15) is 0 Å². The maximum Gasteiger partial charge on any atom is -1.00 e. The molecule has 108 valence electrons. The van der Waals surface area contributed by atoms with Gasteiger partial charge in [0.2, 0.25) is 0 Å². The van der Waals surface area contributed by atoms with E-state index in [1.165, 1.54) is 24.3 Å². The molecule has 1 heterocycles. The summed E-state index contributed by atoms with van der Waals surface area (Å²) in [4.78, 5) is 0. The van der Waals surface area contributed by atoms with E-state index in [1.807, 2.05) is 8.60 Å². The minimum atomic E-state index is -0.472. The maximum absolute atomic E-state index is 2.53. The quantitative estimate of drug-likeness (QED) is 0.584. The average Bonchev–Trinajstić information content (AvgIpc) is 2.94. The van der Waals surface area contributed by atoms with Crippen LogP contribution in [0, 0.1) is 0 Å². The van der Waals surface area contributed by atoms with Crippen molar-refractivity contribution in [3.8, 4) is 0 Å². The van der Waals surface area contributed by atoms with Crippen LogP contribution < -0.4 is 9.41 Å². The minimum absolute atomic E-state index is 0. The molecular weight excluding hydrogens is 364 g/mol. The van der Waals surface area contributed by atoms with Crippen molar-refractivity contribution in [3.63, 3.8) is 0 Å². The molecule has 4 heteroatoms. The molecule has 0 nitrogen and oxygen atoms in total. The van der Waals surface area contributed by atoms with E-state index in [2.05, 4.69) is 49.4 Å². The fraction of sp³-hybridized carbons (Fsp3) is 0.294. The Kier molecular flexibility index (Phi) is 5.50. The normalized spacial score (nSPS) is 24.1. The maximum atomic E-state index is 2.53. The third kappa shape index (κ3) is 2.80. The zero-order valence-corrected chi connectivity index (χ0v) is 15.3. The molecule has 0 amide bonds. The predicted octanol–water partition coefficient (Wildman–Crippen LogP) is -1.10. The number of halogens is 2. The van der Waals surface area contributed by atoms with E-state index >= 15 is 0 Å². The third-order valence-corrected chi connectivity index (χ3v) is 11.5. The van der Waals surface area contributed by atoms with Crippen molar-refractivity contribution in [2.75, 3.05) is 12.3 Å². The second-order valence-electron chi connectivity index (χ2n) is 5.38. The Morgan fingerprint density at radius 1 is 1.24 bits per heavy atom. The zero-order valence-electron chi connectivity index (χ0n) is 11.9. The van der Waals surface area contributed by atoms with Gasteiger partial charge in [0, 0.05) is 0 Å². The Morgan fingerprint density at radius 2 is 2.05 bits per heavy atom. The van der Waals surface area contributed by atoms with Gasteiger partial charge in [0.15, 0.2) is 0 Å². The fourth-order valence-electron chi connectivity index (χ4n) is 3.30. The van der Waals surface area contributed by atoms with Crippen LogP contribution in [0.15, 0.2) is 50.6 Å². The van der Waals surface area contributed by atoms with Gasteiger partial charge in [-0.05, 0) is 0 Å². The Balaban J connectivity index is 0.000000807. The molecule has 1 aromatic rings. The molecule has 0 radical (unpaired) electrons. The Bertz CT molecular complexity index is 633. The molecule has 0 saturated carbocycles. The van der Waals surface area contributed by atoms with E-state index in [0.29, 0.717) is 0 Å². The van der Waals surface area contributed by atoms with Crippen LogP contribution in [0.3, 0.4) is 0 Å². The first-order valence-electron chi connectivity index (χ1n) is 7.08. The van der Waals surface area contributed by atoms with Crippen LogP contribution in [0.1, 0.15) is 28.1 Å². The van der Waals surface area contributed by atoms with Gasteiger partial charge in [-0.3, -0.25) is 0 Å². The molecule has 1 saturated heterocycles. The molecule has 4 rings (SSSR count). The fourth-order valence-corrected chi connectivity index (χ4v) is 10.7. The third-order valence-electron chi connectivity index (χ3n) is 4.33. The van der Waals surface area contributed by atoms with E-state index in [4.69, 9.17) is 0 Å². The molecule has 2 unspecified atom stereocenters. The van der Waals surface area contributed by atoms with Crippen molar-refractivity contribution >= 4 is 14.0 Å². The molecule has 2 atom stereocenters. The van der Waals surface area contributed by atoms with Crippen LogP contribution in [-0.4, -0.2) is 12.3 Å². The Hall–Kier alpha value is -0.387. The summed E-state index contributed by atoms with van der Waals surface area (Å²) < 4.78 is 2.72. The smallest absolute Gasteiger partial charge is 1.00 e. The van der Waals surface area contributed by atoms with Crippen molar-refractivity contribution in [1.29, 1.82) is 0 Å². The van der Waals surface area contributed by atoms with Crippen molar-refractivity contribution in [1.82, 2.24) is 0 Å². The van der Waals surface area contributed by atoms with E-state index in [-0.39, 0.29) is 17.3 Å². The molecule has 0 spiro atoms. The van der Waals surface area contributed by atoms with Crippen molar-refractivity contribution in [3.05, 3.63) is 61.7 Å². The number of hydrogen-bond donors (Lipinski definition) is 0. The van der Waals surface area contributed by atoms with Gasteiger partial charge in [-0.1, -0.05) is 0 Å². The first-order valence-corrected chi connectivity index (χ1v) is 11.4. The van der Waals surface area contributed by atoms with Crippen LogP contribution in [-0.2, 0) is 23.2 Å². The zero-order chi connectivity index (χ0) is 12.8. The molecular formula is C17H17F2PZr. The minimum Gasteiger partial charge on any atom is -1.00 e. The molecule has 21 heavy (non-hydrogen) atoms. The number of hydrogen-bond acceptors (Lipinski definition) is 0. The van der Waals surface area contributed by atoms with Gasteiger partial charge in [-0.15, -0.1) is 0 Å². The first kappa shape index (κ1) is 17.0. The van der Waals surface area contributed by atoms with E-state index in [1.54, 1.807) is 11.1 Å². The van der Waals surface area contributed by atoms with Gasteiger partial charge < -0.3 is 9.41 Å². The number of rotatable bonds is 3. The summed E-state index contributed by atoms with van der Waals surface area (Å²) in [6.45, 7) is 2.38. The van der Waals surface area contributed by atoms with E-state index in [9.17, 15) is 0 Å². The van der Waals surface area contributed by atoms with Gasteiger partial charge in [0.25, 0.3) is 0 Å². The second kappa shape index (κ2) is 6.80. The summed E-state index contributed by atoms with van der Waals surface area (Å²) in [5.74, 6) is 0. The van der Waals surface area contributed by atoms with Gasteiger partial charge in [-0.25, -0.2) is 0 Å². The molecule has 3 aliphatic rings. The SMILES string of the molecule is CCP1CC2=CC[C]([Zr+2][CH]3C=Cc4ccccc43)=C21.[F-].[F-]. The summed E-state index contributed by atoms with van der Waals surface area (Å²) in [5.41, 5.74) is 4.81. The summed E-state index contributed by atoms with van der Waals surface area (Å²) >= 11 is -0.472. The predicted molar refractivity (Wildman–Crippen MR) is 80.3 cm³/mol. The largest absolute Gasteiger partial charge is 1.00 e. The Morgan fingerprint density at radius 3 is 2.86 bits per heavy atom. The Labute approximate surface area is 137 Å². The van der Waals surface area contributed by atoms with Crippen LogP contribution in [0.5, 0.6) is 0 Å². The van der Waals surface area contributed by atoms with Crippen LogP contribution in [0.2, 0.25) is 0 Å². The monoisotopic (exact) mass is 380 g/mol. The van der Waals surface area contributed by atoms with Crippen LogP contribution in [0.4, 0.5) is 0 Å². The first-order chi connectivity index (χ1) is 9.36. The molecule has 0 bridgehead atoms. The topological polar surface area (TPSA) is 0 Å². The summed E-state index contributed by atoms with van der Waals surface area (Å²) in [5, 5.41) is 1.88. The average molecular weight is 382 g/mol. The van der Waals surface area contributed by atoms with Gasteiger partial charge in [0.05, 0.1) is 0 Å². The standard InChI is InChI=1S/C9H7.C8H10P.2FH.Zr/c1-2-5-9-7-3-6-8(9)4-1;1-2-9-6-7-4-3-5-8(7)9;;;/h1-7H;4H,2-3,6H2,1H3;2*1H;/q;;;;+2/p-2. The number of fused-ring (bicyclic) bond motifs is 2. The van der Waals surface area contributed by atoms with Crippen molar-refractivity contribution in [2.45, 2.75) is 17.0 Å². The van der Waals surface area contributed by atoms with Gasteiger partial charge >= 0.3 is 128 Å². The van der Waals surface area contributed by atoms with Crippen molar-refractivity contribution in [2.24, 2.45) is 0 Å². The molecule has 1 aromatic carbocycles. The summed E-state index contributed by atoms with van der Waals surface area (Å²) in [7, 11) is 0.267. The second-order valence-corrected chi connectivity index (χ2v) is 11.6.